The zero-order chi connectivity index (χ0) is 16.5. The van der Waals surface area contributed by atoms with Crippen LogP contribution in [0.5, 0.6) is 0 Å². The highest BCUT2D eigenvalue weighted by molar-refractivity contribution is 6.35. The number of nitrogens with zero attached hydrogens (tertiary/aromatic N) is 3. The first kappa shape index (κ1) is 16.4. The van der Waals surface area contributed by atoms with E-state index in [9.17, 15) is 0 Å². The zero-order valence-corrected chi connectivity index (χ0v) is 15.4. The highest BCUT2D eigenvalue weighted by Gasteiger charge is 2.26. The highest BCUT2D eigenvalue weighted by atomic mass is 35.5. The van der Waals surface area contributed by atoms with E-state index in [2.05, 4.69) is 45.7 Å². The Morgan fingerprint density at radius 3 is 2.50 bits per heavy atom. The third-order valence-electron chi connectivity index (χ3n) is 5.92. The number of piperidine rings is 1. The Hall–Kier alpha value is -1.03. The van der Waals surface area contributed by atoms with Gasteiger partial charge in [0.1, 0.15) is 0 Å². The highest BCUT2D eigenvalue weighted by Crippen LogP contribution is 2.30. The summed E-state index contributed by atoms with van der Waals surface area (Å²) in [4.78, 5) is 5.34. The molecule has 3 nitrogen and oxygen atoms in total. The van der Waals surface area contributed by atoms with Crippen LogP contribution in [-0.2, 0) is 13.1 Å². The minimum atomic E-state index is 0.829. The Morgan fingerprint density at radius 2 is 1.79 bits per heavy atom. The number of fused-ring (bicyclic) bond motifs is 1. The van der Waals surface area contributed by atoms with Crippen molar-refractivity contribution < 1.29 is 0 Å². The molecule has 2 saturated heterocycles. The van der Waals surface area contributed by atoms with Crippen LogP contribution in [-0.4, -0.2) is 46.6 Å². The molecule has 0 atom stereocenters. The van der Waals surface area contributed by atoms with Gasteiger partial charge in [0, 0.05) is 30.7 Å². The molecule has 0 spiro atoms. The summed E-state index contributed by atoms with van der Waals surface area (Å²) < 4.78 is 2.25. The van der Waals surface area contributed by atoms with Crippen LogP contribution in [0, 0.1) is 0 Å². The van der Waals surface area contributed by atoms with Crippen molar-refractivity contribution in [2.45, 2.75) is 51.7 Å². The van der Waals surface area contributed by atoms with Crippen LogP contribution in [0.3, 0.4) is 0 Å². The number of hydrogen-bond acceptors (Lipinski definition) is 2. The molecule has 2 aliphatic heterocycles. The summed E-state index contributed by atoms with van der Waals surface area (Å²) in [5.41, 5.74) is 2.62. The SMILES string of the molecule is CCn1ccc2c(CN3CCC(N4CCCC4)CC3)ccc(Cl)c21. The Bertz CT molecular complexity index is 694. The average Bonchev–Trinajstić information content (AvgIpc) is 3.28. The van der Waals surface area contributed by atoms with Crippen molar-refractivity contribution in [2.24, 2.45) is 0 Å². The van der Waals surface area contributed by atoms with Gasteiger partial charge in [-0.3, -0.25) is 4.90 Å². The lowest BCUT2D eigenvalue weighted by Gasteiger charge is -2.36. The fourth-order valence-electron chi connectivity index (χ4n) is 4.53. The van der Waals surface area contributed by atoms with Crippen molar-refractivity contribution >= 4 is 22.5 Å². The minimum absolute atomic E-state index is 0.829. The molecular weight excluding hydrogens is 318 g/mol. The summed E-state index contributed by atoms with van der Waals surface area (Å²) in [6.07, 6.45) is 7.62. The first-order chi connectivity index (χ1) is 11.8. The van der Waals surface area contributed by atoms with E-state index < -0.39 is 0 Å². The van der Waals surface area contributed by atoms with Crippen molar-refractivity contribution in [3.8, 4) is 0 Å². The Balaban J connectivity index is 1.45. The molecule has 0 radical (unpaired) electrons. The number of rotatable bonds is 4. The number of likely N-dealkylation sites (tertiary alicyclic amines) is 2. The lowest BCUT2D eigenvalue weighted by Crippen LogP contribution is -2.43. The summed E-state index contributed by atoms with van der Waals surface area (Å²) in [6, 6.07) is 7.35. The molecule has 1 aromatic heterocycles. The van der Waals surface area contributed by atoms with E-state index in [1.807, 2.05) is 0 Å². The largest absolute Gasteiger partial charge is 0.347 e. The lowest BCUT2D eigenvalue weighted by molar-refractivity contribution is 0.123. The van der Waals surface area contributed by atoms with Crippen molar-refractivity contribution in [3.05, 3.63) is 35.0 Å². The van der Waals surface area contributed by atoms with Gasteiger partial charge in [0.05, 0.1) is 10.5 Å². The van der Waals surface area contributed by atoms with E-state index >= 15 is 0 Å². The van der Waals surface area contributed by atoms with Gasteiger partial charge >= 0.3 is 0 Å². The molecule has 2 aliphatic rings. The number of halogens is 1. The van der Waals surface area contributed by atoms with E-state index in [4.69, 9.17) is 11.6 Å². The number of aromatic nitrogens is 1. The second-order valence-corrected chi connectivity index (χ2v) is 7.73. The molecule has 130 valence electrons. The summed E-state index contributed by atoms with van der Waals surface area (Å²) in [5.74, 6) is 0. The summed E-state index contributed by atoms with van der Waals surface area (Å²) in [5, 5.41) is 2.19. The van der Waals surface area contributed by atoms with Crippen LogP contribution >= 0.6 is 11.6 Å². The molecular formula is C20H28ClN3. The van der Waals surface area contributed by atoms with Crippen LogP contribution < -0.4 is 0 Å². The van der Waals surface area contributed by atoms with E-state index in [-0.39, 0.29) is 0 Å². The van der Waals surface area contributed by atoms with Gasteiger partial charge in [-0.15, -0.1) is 0 Å². The molecule has 2 aromatic rings. The van der Waals surface area contributed by atoms with Crippen LogP contribution in [0.15, 0.2) is 24.4 Å². The van der Waals surface area contributed by atoms with Gasteiger partial charge in [-0.05, 0) is 76.5 Å². The Morgan fingerprint density at radius 1 is 1.04 bits per heavy atom. The summed E-state index contributed by atoms with van der Waals surface area (Å²) in [6.45, 7) is 9.28. The average molecular weight is 346 g/mol. The normalized spacial score (nSPS) is 21.1. The monoisotopic (exact) mass is 345 g/mol. The van der Waals surface area contributed by atoms with Crippen LogP contribution in [0.2, 0.25) is 5.02 Å². The molecule has 24 heavy (non-hydrogen) atoms. The minimum Gasteiger partial charge on any atom is -0.347 e. The van der Waals surface area contributed by atoms with Crippen LogP contribution in [0.1, 0.15) is 38.2 Å². The predicted octanol–water partition coefficient (Wildman–Crippen LogP) is 4.37. The van der Waals surface area contributed by atoms with Crippen molar-refractivity contribution in [1.29, 1.82) is 0 Å². The first-order valence-electron chi connectivity index (χ1n) is 9.49. The fourth-order valence-corrected chi connectivity index (χ4v) is 4.81. The standard InChI is InChI=1S/C20H28ClN3/c1-2-23-14-9-18-16(5-6-19(21)20(18)23)15-22-12-7-17(8-13-22)24-10-3-4-11-24/h5-6,9,14,17H,2-4,7-8,10-13,15H2,1H3. The summed E-state index contributed by atoms with van der Waals surface area (Å²) >= 11 is 6.45. The predicted molar refractivity (Wildman–Crippen MR) is 102 cm³/mol. The van der Waals surface area contributed by atoms with Gasteiger partial charge in [-0.2, -0.15) is 0 Å². The second-order valence-electron chi connectivity index (χ2n) is 7.32. The molecule has 0 amide bonds. The van der Waals surface area contributed by atoms with E-state index in [0.29, 0.717) is 0 Å². The van der Waals surface area contributed by atoms with Crippen molar-refractivity contribution in [3.63, 3.8) is 0 Å². The smallest absolute Gasteiger partial charge is 0.0672 e. The van der Waals surface area contributed by atoms with Gasteiger partial charge in [0.15, 0.2) is 0 Å². The maximum Gasteiger partial charge on any atom is 0.0672 e. The van der Waals surface area contributed by atoms with Gasteiger partial charge in [0.2, 0.25) is 0 Å². The molecule has 0 aliphatic carbocycles. The quantitative estimate of drug-likeness (QED) is 0.815. The molecule has 4 rings (SSSR count). The van der Waals surface area contributed by atoms with Crippen LogP contribution in [0.4, 0.5) is 0 Å². The molecule has 3 heterocycles. The molecule has 2 fully saturated rings. The molecule has 0 bridgehead atoms. The van der Waals surface area contributed by atoms with Crippen molar-refractivity contribution in [1.82, 2.24) is 14.4 Å². The van der Waals surface area contributed by atoms with E-state index in [0.717, 1.165) is 24.2 Å². The zero-order valence-electron chi connectivity index (χ0n) is 14.7. The third kappa shape index (κ3) is 3.10. The molecule has 0 saturated carbocycles. The number of benzene rings is 1. The second kappa shape index (κ2) is 7.07. The lowest BCUT2D eigenvalue weighted by atomic mass is 10.0. The molecule has 4 heteroatoms. The maximum absolute atomic E-state index is 6.45. The van der Waals surface area contributed by atoms with Crippen LogP contribution in [0.25, 0.3) is 10.9 Å². The van der Waals surface area contributed by atoms with Gasteiger partial charge in [0.25, 0.3) is 0 Å². The fraction of sp³-hybridized carbons (Fsp3) is 0.600. The third-order valence-corrected chi connectivity index (χ3v) is 6.22. The van der Waals surface area contributed by atoms with E-state index in [1.165, 1.54) is 68.3 Å². The molecule has 0 N–H and O–H groups in total. The number of aryl methyl sites for hydroxylation is 1. The van der Waals surface area contributed by atoms with Gasteiger partial charge < -0.3 is 9.47 Å². The molecule has 0 unspecified atom stereocenters. The van der Waals surface area contributed by atoms with Gasteiger partial charge in [-0.25, -0.2) is 0 Å². The molecule has 1 aromatic carbocycles. The first-order valence-corrected chi connectivity index (χ1v) is 9.86. The van der Waals surface area contributed by atoms with Crippen molar-refractivity contribution in [2.75, 3.05) is 26.2 Å². The summed E-state index contributed by atoms with van der Waals surface area (Å²) in [7, 11) is 0. The topological polar surface area (TPSA) is 11.4 Å². The van der Waals surface area contributed by atoms with E-state index in [1.54, 1.807) is 0 Å². The van der Waals surface area contributed by atoms with Gasteiger partial charge in [-0.1, -0.05) is 17.7 Å². The number of hydrogen-bond donors (Lipinski definition) is 0. The Labute approximate surface area is 150 Å². The maximum atomic E-state index is 6.45. The Kier molecular flexibility index (Phi) is 4.84.